The molecule has 1 atom stereocenters. The Balaban J connectivity index is 1.63. The smallest absolute Gasteiger partial charge is 0.122 e. The van der Waals surface area contributed by atoms with Gasteiger partial charge < -0.3 is 10.5 Å². The molecule has 0 saturated carbocycles. The highest BCUT2D eigenvalue weighted by molar-refractivity contribution is 5.39. The van der Waals surface area contributed by atoms with E-state index >= 15 is 0 Å². The molecular formula is C15H17N3O. The second-order valence-electron chi connectivity index (χ2n) is 4.86. The summed E-state index contributed by atoms with van der Waals surface area (Å²) in [5.41, 5.74) is 9.84. The minimum absolute atomic E-state index is 0.0139. The van der Waals surface area contributed by atoms with E-state index in [1.54, 1.807) is 12.4 Å². The van der Waals surface area contributed by atoms with Crippen LogP contribution in [0.1, 0.15) is 29.2 Å². The predicted molar refractivity (Wildman–Crippen MR) is 72.9 cm³/mol. The van der Waals surface area contributed by atoms with Gasteiger partial charge in [0.25, 0.3) is 0 Å². The normalized spacial score (nSPS) is 14.8. The maximum atomic E-state index is 6.16. The first kappa shape index (κ1) is 12.1. The van der Waals surface area contributed by atoms with E-state index in [1.165, 1.54) is 11.1 Å². The van der Waals surface area contributed by atoms with Crippen LogP contribution in [0.2, 0.25) is 0 Å². The van der Waals surface area contributed by atoms with E-state index < -0.39 is 0 Å². The highest BCUT2D eigenvalue weighted by Crippen LogP contribution is 2.27. The summed E-state index contributed by atoms with van der Waals surface area (Å²) in [6, 6.07) is 8.37. The Morgan fingerprint density at radius 3 is 3.05 bits per heavy atom. The molecule has 1 aromatic carbocycles. The summed E-state index contributed by atoms with van der Waals surface area (Å²) < 4.78 is 5.51. The number of hydrogen-bond donors (Lipinski definition) is 1. The number of aryl methyl sites for hydroxylation is 1. The number of fused-ring (bicyclic) bond motifs is 1. The largest absolute Gasteiger partial charge is 0.493 e. The van der Waals surface area contributed by atoms with Gasteiger partial charge in [0, 0.05) is 18.7 Å². The molecule has 0 radical (unpaired) electrons. The van der Waals surface area contributed by atoms with E-state index in [9.17, 15) is 0 Å². The molecule has 2 aromatic rings. The molecule has 2 N–H and O–H groups in total. The highest BCUT2D eigenvalue weighted by Gasteiger charge is 2.12. The van der Waals surface area contributed by atoms with Crippen molar-refractivity contribution >= 4 is 0 Å². The molecule has 0 saturated heterocycles. The number of ether oxygens (including phenoxy) is 1. The van der Waals surface area contributed by atoms with Gasteiger partial charge in [-0.25, -0.2) is 0 Å². The third-order valence-corrected chi connectivity index (χ3v) is 3.53. The van der Waals surface area contributed by atoms with Crippen molar-refractivity contribution in [1.82, 2.24) is 10.2 Å². The molecule has 19 heavy (non-hydrogen) atoms. The van der Waals surface area contributed by atoms with Crippen molar-refractivity contribution in [3.8, 4) is 5.75 Å². The van der Waals surface area contributed by atoms with E-state index in [0.29, 0.717) is 0 Å². The highest BCUT2D eigenvalue weighted by atomic mass is 16.5. The Morgan fingerprint density at radius 2 is 2.21 bits per heavy atom. The Kier molecular flexibility index (Phi) is 3.42. The summed E-state index contributed by atoms with van der Waals surface area (Å²) >= 11 is 0. The average Bonchev–Trinajstić information content (AvgIpc) is 2.93. The van der Waals surface area contributed by atoms with Crippen LogP contribution in [0, 0.1) is 0 Å². The fourth-order valence-electron chi connectivity index (χ4n) is 2.40. The van der Waals surface area contributed by atoms with Crippen LogP contribution in [0.15, 0.2) is 36.7 Å². The summed E-state index contributed by atoms with van der Waals surface area (Å²) in [5.74, 6) is 1.03. The summed E-state index contributed by atoms with van der Waals surface area (Å²) in [6.45, 7) is 0.807. The minimum atomic E-state index is 0.0139. The van der Waals surface area contributed by atoms with E-state index in [1.807, 2.05) is 6.07 Å². The number of nitrogens with zero attached hydrogens (tertiary/aromatic N) is 2. The Labute approximate surface area is 112 Å². The lowest BCUT2D eigenvalue weighted by atomic mass is 9.99. The van der Waals surface area contributed by atoms with Crippen LogP contribution in [-0.2, 0) is 12.8 Å². The van der Waals surface area contributed by atoms with Crippen LogP contribution >= 0.6 is 0 Å². The molecule has 3 rings (SSSR count). The third kappa shape index (κ3) is 2.74. The lowest BCUT2D eigenvalue weighted by Gasteiger charge is -2.11. The molecule has 0 aliphatic carbocycles. The van der Waals surface area contributed by atoms with Gasteiger partial charge in [-0.2, -0.15) is 10.2 Å². The summed E-state index contributed by atoms with van der Waals surface area (Å²) in [5, 5.41) is 7.63. The van der Waals surface area contributed by atoms with Crippen molar-refractivity contribution in [1.29, 1.82) is 0 Å². The first-order chi connectivity index (χ1) is 9.33. The standard InChI is InChI=1S/C15H17N3O/c16-14(13-5-7-17-18-10-13)3-1-11-2-4-15-12(9-11)6-8-19-15/h2,4-5,7,9-10,14H,1,3,6,8,16H2. The molecule has 0 bridgehead atoms. The summed E-state index contributed by atoms with van der Waals surface area (Å²) in [4.78, 5) is 0. The molecule has 1 aromatic heterocycles. The third-order valence-electron chi connectivity index (χ3n) is 3.53. The zero-order chi connectivity index (χ0) is 13.1. The van der Waals surface area contributed by atoms with Gasteiger partial charge in [-0.1, -0.05) is 12.1 Å². The van der Waals surface area contributed by atoms with E-state index in [4.69, 9.17) is 10.5 Å². The van der Waals surface area contributed by atoms with Crippen LogP contribution in [0.25, 0.3) is 0 Å². The maximum Gasteiger partial charge on any atom is 0.122 e. The molecule has 0 fully saturated rings. The van der Waals surface area contributed by atoms with Gasteiger partial charge in [-0.15, -0.1) is 0 Å². The molecular weight excluding hydrogens is 238 g/mol. The van der Waals surface area contributed by atoms with Gasteiger partial charge >= 0.3 is 0 Å². The lowest BCUT2D eigenvalue weighted by molar-refractivity contribution is 0.357. The van der Waals surface area contributed by atoms with Gasteiger partial charge in [-0.3, -0.25) is 0 Å². The van der Waals surface area contributed by atoms with Gasteiger partial charge in [-0.05, 0) is 41.7 Å². The molecule has 4 nitrogen and oxygen atoms in total. The minimum Gasteiger partial charge on any atom is -0.493 e. The topological polar surface area (TPSA) is 61.0 Å². The molecule has 98 valence electrons. The van der Waals surface area contributed by atoms with Crippen molar-refractivity contribution in [3.63, 3.8) is 0 Å². The molecule has 2 heterocycles. The number of benzene rings is 1. The van der Waals surface area contributed by atoms with E-state index in [2.05, 4.69) is 28.4 Å². The Bertz CT molecular complexity index is 557. The van der Waals surface area contributed by atoms with Gasteiger partial charge in [0.15, 0.2) is 0 Å². The average molecular weight is 255 g/mol. The number of nitrogens with two attached hydrogens (primary N) is 1. The first-order valence-corrected chi connectivity index (χ1v) is 6.60. The van der Waals surface area contributed by atoms with Gasteiger partial charge in [0.05, 0.1) is 12.8 Å². The number of aromatic nitrogens is 2. The van der Waals surface area contributed by atoms with Crippen molar-refractivity contribution in [2.24, 2.45) is 5.73 Å². The maximum absolute atomic E-state index is 6.16. The number of hydrogen-bond acceptors (Lipinski definition) is 4. The van der Waals surface area contributed by atoms with Crippen LogP contribution < -0.4 is 10.5 Å². The predicted octanol–water partition coefficient (Wildman–Crippen LogP) is 2.04. The van der Waals surface area contributed by atoms with Crippen molar-refractivity contribution < 1.29 is 4.74 Å². The van der Waals surface area contributed by atoms with Gasteiger partial charge in [0.1, 0.15) is 5.75 Å². The zero-order valence-corrected chi connectivity index (χ0v) is 10.7. The fraction of sp³-hybridized carbons (Fsp3) is 0.333. The SMILES string of the molecule is NC(CCc1ccc2c(c1)CCO2)c1ccnnc1. The molecule has 0 spiro atoms. The summed E-state index contributed by atoms with van der Waals surface area (Å²) in [6.07, 6.45) is 6.31. The van der Waals surface area contributed by atoms with Crippen LogP contribution in [-0.4, -0.2) is 16.8 Å². The first-order valence-electron chi connectivity index (χ1n) is 6.60. The Hall–Kier alpha value is -1.94. The zero-order valence-electron chi connectivity index (χ0n) is 10.7. The van der Waals surface area contributed by atoms with Gasteiger partial charge in [0.2, 0.25) is 0 Å². The molecule has 0 amide bonds. The summed E-state index contributed by atoms with van der Waals surface area (Å²) in [7, 11) is 0. The quantitative estimate of drug-likeness (QED) is 0.908. The van der Waals surface area contributed by atoms with Crippen LogP contribution in [0.5, 0.6) is 5.75 Å². The molecule has 4 heteroatoms. The molecule has 1 aliphatic rings. The van der Waals surface area contributed by atoms with Crippen molar-refractivity contribution in [3.05, 3.63) is 53.3 Å². The second kappa shape index (κ2) is 5.36. The van der Waals surface area contributed by atoms with Crippen molar-refractivity contribution in [2.75, 3.05) is 6.61 Å². The molecule has 1 aliphatic heterocycles. The lowest BCUT2D eigenvalue weighted by Crippen LogP contribution is -2.11. The fourth-order valence-corrected chi connectivity index (χ4v) is 2.40. The Morgan fingerprint density at radius 1 is 1.26 bits per heavy atom. The second-order valence-corrected chi connectivity index (χ2v) is 4.86. The van der Waals surface area contributed by atoms with E-state index in [-0.39, 0.29) is 6.04 Å². The number of rotatable bonds is 4. The van der Waals surface area contributed by atoms with Crippen molar-refractivity contribution in [2.45, 2.75) is 25.3 Å². The van der Waals surface area contributed by atoms with Crippen LogP contribution in [0.3, 0.4) is 0 Å². The monoisotopic (exact) mass is 255 g/mol. The van der Waals surface area contributed by atoms with E-state index in [0.717, 1.165) is 37.2 Å². The molecule has 1 unspecified atom stereocenters. The van der Waals surface area contributed by atoms with Crippen LogP contribution in [0.4, 0.5) is 0 Å².